The molecule has 0 aromatic heterocycles. The van der Waals surface area contributed by atoms with E-state index in [-0.39, 0.29) is 12.2 Å². The van der Waals surface area contributed by atoms with Gasteiger partial charge < -0.3 is 24.1 Å². The molecule has 2 fully saturated rings. The average Bonchev–Trinajstić information content (AvgIpc) is 3.71. The monoisotopic (exact) mass is 432 g/mol. The number of aryl methyl sites for hydroxylation is 1. The molecule has 2 atom stereocenters. The number of aromatic hydroxyl groups is 1. The largest absolute Gasteiger partial charge is 0.507 e. The molecule has 1 N–H and O–H groups in total. The molecular formula is C27H28O5. The van der Waals surface area contributed by atoms with Gasteiger partial charge in [-0.15, -0.1) is 0 Å². The number of epoxide rings is 2. The van der Waals surface area contributed by atoms with Crippen LogP contribution in [0.3, 0.4) is 0 Å². The Balaban J connectivity index is 1.35. The van der Waals surface area contributed by atoms with Gasteiger partial charge in [-0.05, 0) is 40.8 Å². The minimum absolute atomic E-state index is 0.202. The van der Waals surface area contributed by atoms with Crippen molar-refractivity contribution >= 4 is 0 Å². The lowest BCUT2D eigenvalue weighted by Crippen LogP contribution is -2.07. The van der Waals surface area contributed by atoms with Crippen LogP contribution in [0.1, 0.15) is 27.8 Å². The number of phenols is 1. The molecule has 2 heterocycles. The second kappa shape index (κ2) is 9.23. The SMILES string of the molecule is Cc1cccc(Cc2cccc(Cc3ccccc3OCC3CO3)c2O)c1OCC1CO1. The smallest absolute Gasteiger partial charge is 0.125 e. The molecule has 5 heteroatoms. The second-order valence-electron chi connectivity index (χ2n) is 8.48. The summed E-state index contributed by atoms with van der Waals surface area (Å²) in [5.74, 6) is 2.05. The van der Waals surface area contributed by atoms with Gasteiger partial charge in [0.2, 0.25) is 0 Å². The van der Waals surface area contributed by atoms with Gasteiger partial charge in [-0.1, -0.05) is 54.6 Å². The topological polar surface area (TPSA) is 63.8 Å². The van der Waals surface area contributed by atoms with Crippen molar-refractivity contribution in [3.8, 4) is 17.2 Å². The van der Waals surface area contributed by atoms with Crippen molar-refractivity contribution in [1.82, 2.24) is 0 Å². The molecule has 166 valence electrons. The second-order valence-corrected chi connectivity index (χ2v) is 8.48. The summed E-state index contributed by atoms with van der Waals surface area (Å²) >= 11 is 0. The average molecular weight is 433 g/mol. The summed E-state index contributed by atoms with van der Waals surface area (Å²) in [6.07, 6.45) is 1.60. The molecule has 5 rings (SSSR count). The third kappa shape index (κ3) is 5.06. The van der Waals surface area contributed by atoms with Crippen molar-refractivity contribution in [2.45, 2.75) is 32.0 Å². The van der Waals surface area contributed by atoms with Crippen LogP contribution in [0.25, 0.3) is 0 Å². The van der Waals surface area contributed by atoms with Crippen LogP contribution >= 0.6 is 0 Å². The van der Waals surface area contributed by atoms with Gasteiger partial charge in [-0.2, -0.15) is 0 Å². The molecule has 0 saturated carbocycles. The van der Waals surface area contributed by atoms with Crippen molar-refractivity contribution in [2.24, 2.45) is 0 Å². The highest BCUT2D eigenvalue weighted by Gasteiger charge is 2.25. The van der Waals surface area contributed by atoms with Crippen LogP contribution < -0.4 is 9.47 Å². The summed E-state index contributed by atoms with van der Waals surface area (Å²) in [5, 5.41) is 11.1. The van der Waals surface area contributed by atoms with Gasteiger partial charge >= 0.3 is 0 Å². The molecule has 2 aliphatic heterocycles. The van der Waals surface area contributed by atoms with Crippen LogP contribution in [-0.4, -0.2) is 43.7 Å². The Bertz CT molecular complexity index is 1090. The fourth-order valence-electron chi connectivity index (χ4n) is 3.88. The Kier molecular flexibility index (Phi) is 6.02. The molecule has 0 spiro atoms. The highest BCUT2D eigenvalue weighted by Crippen LogP contribution is 2.33. The van der Waals surface area contributed by atoms with Crippen molar-refractivity contribution in [1.29, 1.82) is 0 Å². The number of rotatable bonds is 10. The molecule has 2 aliphatic rings. The van der Waals surface area contributed by atoms with Crippen molar-refractivity contribution in [2.75, 3.05) is 26.4 Å². The van der Waals surface area contributed by atoms with Crippen molar-refractivity contribution in [3.63, 3.8) is 0 Å². The Hall–Kier alpha value is -3.02. The number of hydrogen-bond donors (Lipinski definition) is 1. The minimum Gasteiger partial charge on any atom is -0.507 e. The molecule has 5 nitrogen and oxygen atoms in total. The van der Waals surface area contributed by atoms with Gasteiger partial charge in [0.05, 0.1) is 13.2 Å². The molecule has 0 amide bonds. The Labute approximate surface area is 188 Å². The number of benzene rings is 3. The van der Waals surface area contributed by atoms with Crippen LogP contribution in [0.15, 0.2) is 60.7 Å². The van der Waals surface area contributed by atoms with E-state index in [0.717, 1.165) is 52.5 Å². The molecule has 0 radical (unpaired) electrons. The number of phenolic OH excluding ortho intramolecular Hbond substituents is 1. The summed E-state index contributed by atoms with van der Waals surface area (Å²) in [4.78, 5) is 0. The summed E-state index contributed by atoms with van der Waals surface area (Å²) in [7, 11) is 0. The van der Waals surface area contributed by atoms with Crippen molar-refractivity contribution < 1.29 is 24.1 Å². The normalized spacial score (nSPS) is 18.9. The summed E-state index contributed by atoms with van der Waals surface area (Å²) < 4.78 is 22.5. The van der Waals surface area contributed by atoms with Crippen LogP contribution in [0.2, 0.25) is 0 Å². The Morgan fingerprint density at radius 3 is 2.03 bits per heavy atom. The van der Waals surface area contributed by atoms with E-state index >= 15 is 0 Å². The molecule has 3 aromatic rings. The third-order valence-corrected chi connectivity index (χ3v) is 5.87. The van der Waals surface area contributed by atoms with Crippen molar-refractivity contribution in [3.05, 3.63) is 88.5 Å². The van der Waals surface area contributed by atoms with E-state index in [2.05, 4.69) is 6.07 Å². The highest BCUT2D eigenvalue weighted by molar-refractivity contribution is 5.50. The zero-order valence-electron chi connectivity index (χ0n) is 18.3. The van der Waals surface area contributed by atoms with E-state index in [1.54, 1.807) is 0 Å². The molecule has 2 saturated heterocycles. The lowest BCUT2D eigenvalue weighted by Gasteiger charge is -2.16. The summed E-state index contributed by atoms with van der Waals surface area (Å²) in [6.45, 7) is 4.70. The van der Waals surface area contributed by atoms with Gasteiger partial charge in [0, 0.05) is 12.8 Å². The van der Waals surface area contributed by atoms with E-state index in [9.17, 15) is 5.11 Å². The maximum Gasteiger partial charge on any atom is 0.125 e. The molecule has 2 unspecified atom stereocenters. The first-order valence-corrected chi connectivity index (χ1v) is 11.1. The number of para-hydroxylation sites is 3. The quantitative estimate of drug-likeness (QED) is 0.480. The van der Waals surface area contributed by atoms with Crippen LogP contribution in [0, 0.1) is 6.92 Å². The molecule has 32 heavy (non-hydrogen) atoms. The van der Waals surface area contributed by atoms with Gasteiger partial charge in [-0.3, -0.25) is 0 Å². The van der Waals surface area contributed by atoms with E-state index in [1.165, 1.54) is 0 Å². The van der Waals surface area contributed by atoms with Gasteiger partial charge in [0.15, 0.2) is 0 Å². The predicted molar refractivity (Wildman–Crippen MR) is 122 cm³/mol. The van der Waals surface area contributed by atoms with Crippen LogP contribution in [0.5, 0.6) is 17.2 Å². The fraction of sp³-hybridized carbons (Fsp3) is 0.333. The first-order valence-electron chi connectivity index (χ1n) is 11.1. The maximum atomic E-state index is 11.1. The van der Waals surface area contributed by atoms with E-state index in [4.69, 9.17) is 18.9 Å². The van der Waals surface area contributed by atoms with Gasteiger partial charge in [0.1, 0.15) is 42.7 Å². The van der Waals surface area contributed by atoms with Gasteiger partial charge in [-0.25, -0.2) is 0 Å². The van der Waals surface area contributed by atoms with Gasteiger partial charge in [0.25, 0.3) is 0 Å². The number of ether oxygens (including phenoxy) is 4. The zero-order valence-corrected chi connectivity index (χ0v) is 18.3. The zero-order chi connectivity index (χ0) is 21.9. The van der Waals surface area contributed by atoms with E-state index in [0.29, 0.717) is 31.8 Å². The fourth-order valence-corrected chi connectivity index (χ4v) is 3.88. The van der Waals surface area contributed by atoms with Crippen LogP contribution in [0.4, 0.5) is 0 Å². The Morgan fingerprint density at radius 2 is 1.31 bits per heavy atom. The predicted octanol–water partition coefficient (Wildman–Crippen LogP) is 4.44. The lowest BCUT2D eigenvalue weighted by atomic mass is 9.96. The molecular weight excluding hydrogens is 404 g/mol. The Morgan fingerprint density at radius 1 is 0.750 bits per heavy atom. The third-order valence-electron chi connectivity index (χ3n) is 5.87. The summed E-state index contributed by atoms with van der Waals surface area (Å²) in [5.41, 5.74) is 4.95. The first-order chi connectivity index (χ1) is 15.7. The molecule has 3 aromatic carbocycles. The van der Waals surface area contributed by atoms with E-state index in [1.807, 2.05) is 61.5 Å². The maximum absolute atomic E-state index is 11.1. The summed E-state index contributed by atoms with van der Waals surface area (Å²) in [6, 6.07) is 20.1. The van der Waals surface area contributed by atoms with E-state index < -0.39 is 0 Å². The lowest BCUT2D eigenvalue weighted by molar-refractivity contribution is 0.260. The standard InChI is InChI=1S/C27H28O5/c1-18-6-4-10-22(27(18)32-17-24-15-30-24)13-21-9-5-8-20(26(21)28)12-19-7-2-3-11-25(19)31-16-23-14-29-23/h2-11,23-24,28H,12-17H2,1H3. The van der Waals surface area contributed by atoms with Crippen LogP contribution in [-0.2, 0) is 22.3 Å². The molecule has 0 bridgehead atoms. The molecule has 0 aliphatic carbocycles. The highest BCUT2D eigenvalue weighted by atomic mass is 16.6. The minimum atomic E-state index is 0.202. The first kappa shape index (κ1) is 20.9. The number of hydrogen-bond acceptors (Lipinski definition) is 5.